The highest BCUT2D eigenvalue weighted by atomic mass is 16.4. The number of fused-ring (bicyclic) bond motifs is 2. The second-order valence-electron chi connectivity index (χ2n) is 7.28. The van der Waals surface area contributed by atoms with Crippen molar-refractivity contribution in [1.29, 1.82) is 0 Å². The average Bonchev–Trinajstić information content (AvgIpc) is 3.31. The van der Waals surface area contributed by atoms with Crippen molar-refractivity contribution in [3.63, 3.8) is 0 Å². The van der Waals surface area contributed by atoms with Crippen LogP contribution in [0.2, 0.25) is 0 Å². The van der Waals surface area contributed by atoms with Crippen molar-refractivity contribution >= 4 is 17.7 Å². The highest BCUT2D eigenvalue weighted by molar-refractivity contribution is 6.00. The number of carboxylic acid groups (broad SMARTS) is 2. The van der Waals surface area contributed by atoms with E-state index in [9.17, 15) is 19.5 Å². The lowest BCUT2D eigenvalue weighted by molar-refractivity contribution is -0.887. The van der Waals surface area contributed by atoms with Gasteiger partial charge in [-0.2, -0.15) is 0 Å². The second kappa shape index (κ2) is 10.2. The van der Waals surface area contributed by atoms with E-state index in [1.807, 2.05) is 0 Å². The van der Waals surface area contributed by atoms with Crippen LogP contribution in [0, 0.1) is 0 Å². The van der Waals surface area contributed by atoms with E-state index >= 15 is 0 Å². The Kier molecular flexibility index (Phi) is 7.93. The van der Waals surface area contributed by atoms with Gasteiger partial charge >= 0.3 is 5.97 Å². The van der Waals surface area contributed by atoms with Crippen LogP contribution in [-0.2, 0) is 35.3 Å². The number of aryl methyl sites for hydroxylation is 2. The molecule has 2 N–H and O–H groups in total. The first-order valence-electron chi connectivity index (χ1n) is 10.0. The van der Waals surface area contributed by atoms with Gasteiger partial charge in [-0.3, -0.25) is 4.79 Å². The normalized spacial score (nSPS) is 14.5. The predicted octanol–water partition coefficient (Wildman–Crippen LogP) is 0.149. The molecular weight excluding hydrogens is 358 g/mol. The van der Waals surface area contributed by atoms with Gasteiger partial charge in [0.25, 0.3) is 0 Å². The molecule has 0 radical (unpaired) electrons. The van der Waals surface area contributed by atoms with Gasteiger partial charge in [-0.05, 0) is 80.7 Å². The number of hydrogen-bond acceptors (Lipinski definition) is 4. The van der Waals surface area contributed by atoms with Gasteiger partial charge in [-0.25, -0.2) is 4.79 Å². The largest absolute Gasteiger partial charge is 0.545 e. The molecule has 0 fully saturated rings. The Bertz CT molecular complexity index is 729. The molecule has 2 aliphatic carbocycles. The van der Waals surface area contributed by atoms with Crippen molar-refractivity contribution in [3.05, 3.63) is 46.0 Å². The van der Waals surface area contributed by atoms with Crippen LogP contribution in [0.4, 0.5) is 0 Å². The SMILES string of the molecule is CC[NH+](CC)CC(=O)c1c2c(cc3c1CCC3)CCC2.O=C([O-])/C=C\C(=O)O. The summed E-state index contributed by atoms with van der Waals surface area (Å²) in [6, 6.07) is 2.41. The fourth-order valence-electron chi connectivity index (χ4n) is 4.11. The molecule has 0 heterocycles. The van der Waals surface area contributed by atoms with Crippen LogP contribution in [0.5, 0.6) is 0 Å². The molecule has 3 rings (SSSR count). The second-order valence-corrected chi connectivity index (χ2v) is 7.28. The van der Waals surface area contributed by atoms with Gasteiger partial charge in [-0.15, -0.1) is 0 Å². The number of carbonyl (C=O) groups excluding carboxylic acids is 2. The minimum Gasteiger partial charge on any atom is -0.545 e. The molecule has 0 atom stereocenters. The van der Waals surface area contributed by atoms with Gasteiger partial charge in [0, 0.05) is 11.6 Å². The van der Waals surface area contributed by atoms with E-state index in [-0.39, 0.29) is 0 Å². The van der Waals surface area contributed by atoms with Crippen molar-refractivity contribution in [2.75, 3.05) is 19.6 Å². The molecule has 28 heavy (non-hydrogen) atoms. The molecule has 2 aliphatic rings. The van der Waals surface area contributed by atoms with Crippen LogP contribution < -0.4 is 10.0 Å². The van der Waals surface area contributed by atoms with E-state index in [2.05, 4.69) is 19.9 Å². The third kappa shape index (κ3) is 5.52. The smallest absolute Gasteiger partial charge is 0.328 e. The Morgan fingerprint density at radius 3 is 1.93 bits per heavy atom. The molecule has 6 nitrogen and oxygen atoms in total. The van der Waals surface area contributed by atoms with Crippen LogP contribution in [0.3, 0.4) is 0 Å². The molecule has 0 aromatic heterocycles. The van der Waals surface area contributed by atoms with E-state index in [1.165, 1.54) is 52.8 Å². The molecule has 0 spiro atoms. The van der Waals surface area contributed by atoms with Crippen molar-refractivity contribution in [3.8, 4) is 0 Å². The number of likely N-dealkylation sites (N-methyl/N-ethyl adjacent to an activating group) is 1. The van der Waals surface area contributed by atoms with Gasteiger partial charge < -0.3 is 19.9 Å². The number of nitrogens with one attached hydrogen (secondary N) is 1. The van der Waals surface area contributed by atoms with Gasteiger partial charge in [-0.1, -0.05) is 6.07 Å². The summed E-state index contributed by atoms with van der Waals surface area (Å²) < 4.78 is 0. The maximum Gasteiger partial charge on any atom is 0.328 e. The average molecular weight is 387 g/mol. The molecule has 0 amide bonds. The number of quaternary nitrogens is 1. The summed E-state index contributed by atoms with van der Waals surface area (Å²) in [7, 11) is 0. The molecular formula is C22H29NO5. The topological polar surface area (TPSA) is 98.9 Å². The molecule has 0 unspecified atom stereocenters. The van der Waals surface area contributed by atoms with E-state index in [0.717, 1.165) is 31.5 Å². The predicted molar refractivity (Wildman–Crippen MR) is 104 cm³/mol. The summed E-state index contributed by atoms with van der Waals surface area (Å²) in [4.78, 5) is 33.2. The fourth-order valence-corrected chi connectivity index (χ4v) is 4.11. The van der Waals surface area contributed by atoms with Crippen LogP contribution in [0.1, 0.15) is 59.3 Å². The van der Waals surface area contributed by atoms with Crippen LogP contribution in [0.15, 0.2) is 18.2 Å². The first-order chi connectivity index (χ1) is 13.4. The summed E-state index contributed by atoms with van der Waals surface area (Å²) in [5, 5.41) is 17.2. The number of aliphatic carboxylic acids is 2. The summed E-state index contributed by atoms with van der Waals surface area (Å²) in [6.45, 7) is 7.10. The van der Waals surface area contributed by atoms with Gasteiger partial charge in [0.15, 0.2) is 0 Å². The lowest BCUT2D eigenvalue weighted by Gasteiger charge is -2.18. The van der Waals surface area contributed by atoms with E-state index in [4.69, 9.17) is 5.11 Å². The van der Waals surface area contributed by atoms with Gasteiger partial charge in [0.1, 0.15) is 6.54 Å². The monoisotopic (exact) mass is 387 g/mol. The minimum absolute atomic E-state index is 0.403. The third-order valence-electron chi connectivity index (χ3n) is 5.52. The van der Waals surface area contributed by atoms with Gasteiger partial charge in [0.05, 0.1) is 19.1 Å². The number of carboxylic acids is 2. The Labute approximate surface area is 165 Å². The number of rotatable bonds is 7. The van der Waals surface area contributed by atoms with E-state index in [1.54, 1.807) is 0 Å². The zero-order chi connectivity index (χ0) is 20.7. The van der Waals surface area contributed by atoms with Crippen molar-refractivity contribution in [2.24, 2.45) is 0 Å². The molecule has 0 bridgehead atoms. The maximum atomic E-state index is 12.9. The summed E-state index contributed by atoms with van der Waals surface area (Å²) in [5.74, 6) is -2.40. The molecule has 152 valence electrons. The van der Waals surface area contributed by atoms with Crippen molar-refractivity contribution in [1.82, 2.24) is 0 Å². The first kappa shape index (κ1) is 21.8. The number of Topliss-reactive ketones (excluding diaryl/α,β-unsaturated/α-hetero) is 1. The minimum atomic E-state index is -1.51. The molecule has 6 heteroatoms. The lowest BCUT2D eigenvalue weighted by atomic mass is 9.91. The third-order valence-corrected chi connectivity index (χ3v) is 5.52. The standard InChI is InChI=1S/C18H25NO.C4H4O4/c1-3-19(4-2)12-17(20)18-15-9-5-7-13(15)11-14-8-6-10-16(14)18;5-3(6)1-2-4(7)8/h11H,3-10,12H2,1-2H3;1-2H,(H,5,6)(H,7,8)/b;2-1-. The number of carbonyl (C=O) groups is 3. The summed E-state index contributed by atoms with van der Waals surface area (Å²) >= 11 is 0. The zero-order valence-corrected chi connectivity index (χ0v) is 16.7. The van der Waals surface area contributed by atoms with Crippen LogP contribution in [0.25, 0.3) is 0 Å². The van der Waals surface area contributed by atoms with E-state index < -0.39 is 11.9 Å². The highest BCUT2D eigenvalue weighted by Gasteiger charge is 2.28. The fraction of sp³-hybridized carbons (Fsp3) is 0.500. The van der Waals surface area contributed by atoms with Crippen LogP contribution in [-0.4, -0.2) is 42.5 Å². The van der Waals surface area contributed by atoms with Gasteiger partial charge in [0.2, 0.25) is 5.78 Å². The molecule has 0 aliphatic heterocycles. The Balaban J connectivity index is 0.000000300. The Morgan fingerprint density at radius 2 is 1.54 bits per heavy atom. The van der Waals surface area contributed by atoms with Crippen molar-refractivity contribution < 1.29 is 29.5 Å². The van der Waals surface area contributed by atoms with Crippen LogP contribution >= 0.6 is 0 Å². The number of benzene rings is 1. The summed E-state index contributed by atoms with van der Waals surface area (Å²) in [5.41, 5.74) is 6.91. The van der Waals surface area contributed by atoms with Crippen molar-refractivity contribution in [2.45, 2.75) is 52.4 Å². The maximum absolute atomic E-state index is 12.9. The Hall–Kier alpha value is -2.47. The summed E-state index contributed by atoms with van der Waals surface area (Å²) in [6.07, 6.45) is 8.02. The number of hydrogen-bond donors (Lipinski definition) is 2. The lowest BCUT2D eigenvalue weighted by Crippen LogP contribution is -3.12. The van der Waals surface area contributed by atoms with E-state index in [0.29, 0.717) is 24.5 Å². The Morgan fingerprint density at radius 1 is 1.00 bits per heavy atom. The molecule has 1 aromatic carbocycles. The zero-order valence-electron chi connectivity index (χ0n) is 16.7. The molecule has 0 saturated carbocycles. The molecule has 0 saturated heterocycles. The highest BCUT2D eigenvalue weighted by Crippen LogP contribution is 2.35. The molecule has 1 aromatic rings. The number of ketones is 1. The first-order valence-corrected chi connectivity index (χ1v) is 10.0. The quantitative estimate of drug-likeness (QED) is 0.513.